The largest absolute Gasteiger partial charge is 0.479 e. The number of hydrogen-bond acceptors (Lipinski definition) is 12. The molecule has 2 aliphatic heterocycles. The first-order chi connectivity index (χ1) is 19.4. The summed E-state index contributed by atoms with van der Waals surface area (Å²) in [6.07, 6.45) is -7.17. The summed E-state index contributed by atoms with van der Waals surface area (Å²) in [5.74, 6) is -4.56. The molecule has 3 heterocycles. The number of rotatable bonds is 8. The third-order valence-electron chi connectivity index (χ3n) is 6.46. The number of fused-ring (bicyclic) bond motifs is 1. The van der Waals surface area contributed by atoms with Crippen molar-refractivity contribution in [1.82, 2.24) is 10.3 Å². The van der Waals surface area contributed by atoms with Gasteiger partial charge in [0.2, 0.25) is 12.4 Å². The first-order valence-corrected chi connectivity index (χ1v) is 12.5. The van der Waals surface area contributed by atoms with Crippen LogP contribution in [0.3, 0.4) is 0 Å². The minimum absolute atomic E-state index is 0.139. The molecule has 0 saturated carbocycles. The molecule has 41 heavy (non-hydrogen) atoms. The molecule has 0 spiro atoms. The highest BCUT2D eigenvalue weighted by atomic mass is 16.7. The summed E-state index contributed by atoms with van der Waals surface area (Å²) in [6.45, 7) is 5.01. The van der Waals surface area contributed by atoms with Crippen molar-refractivity contribution < 1.29 is 57.5 Å². The number of carboxylic acid groups (broad SMARTS) is 1. The molecule has 0 unspecified atom stereocenters. The Morgan fingerprint density at radius 2 is 1.63 bits per heavy atom. The Labute approximate surface area is 233 Å². The monoisotopic (exact) mass is 575 g/mol. The van der Waals surface area contributed by atoms with Crippen molar-refractivity contribution >= 4 is 46.7 Å². The summed E-state index contributed by atoms with van der Waals surface area (Å²) in [4.78, 5) is 66.9. The van der Waals surface area contributed by atoms with Gasteiger partial charge in [0.1, 0.15) is 5.75 Å². The lowest BCUT2D eigenvalue weighted by Gasteiger charge is -2.42. The fraction of sp³-hybridized carbons (Fsp3) is 0.462. The van der Waals surface area contributed by atoms with E-state index < -0.39 is 60.7 Å². The van der Waals surface area contributed by atoms with Crippen LogP contribution in [0.2, 0.25) is 0 Å². The summed E-state index contributed by atoms with van der Waals surface area (Å²) in [5, 5.41) is 13.1. The van der Waals surface area contributed by atoms with Crippen molar-refractivity contribution in [3.05, 3.63) is 30.0 Å². The number of benzene rings is 1. The van der Waals surface area contributed by atoms with Crippen LogP contribution < -0.4 is 10.1 Å². The van der Waals surface area contributed by atoms with Gasteiger partial charge in [0.05, 0.1) is 0 Å². The molecule has 0 aliphatic carbocycles. The quantitative estimate of drug-likeness (QED) is 0.295. The lowest BCUT2D eigenvalue weighted by molar-refractivity contribution is -0.281. The highest BCUT2D eigenvalue weighted by Gasteiger charge is 2.55. The van der Waals surface area contributed by atoms with Crippen molar-refractivity contribution in [2.75, 3.05) is 7.05 Å². The van der Waals surface area contributed by atoms with Crippen LogP contribution in [-0.4, -0.2) is 89.8 Å². The molecule has 2 saturated heterocycles. The van der Waals surface area contributed by atoms with E-state index in [0.717, 1.165) is 31.7 Å². The zero-order chi connectivity index (χ0) is 30.0. The zero-order valence-corrected chi connectivity index (χ0v) is 22.7. The fourth-order valence-electron chi connectivity index (χ4n) is 4.76. The van der Waals surface area contributed by atoms with E-state index >= 15 is 0 Å². The number of ether oxygens (including phenoxy) is 6. The van der Waals surface area contributed by atoms with Crippen LogP contribution in [0, 0.1) is 0 Å². The predicted octanol–water partition coefficient (Wildman–Crippen LogP) is 0.756. The van der Waals surface area contributed by atoms with Crippen molar-refractivity contribution in [3.63, 3.8) is 0 Å². The molecule has 3 N–H and O–H groups in total. The minimum Gasteiger partial charge on any atom is -0.479 e. The normalized spacial score (nSPS) is 27.4. The van der Waals surface area contributed by atoms with E-state index in [-0.39, 0.29) is 23.6 Å². The number of aromatic nitrogens is 1. The standard InChI is InChI=1S/C26H29N3O12/c1-10(18-23(33)29-26(27-5)41-18)16-9-28-17-8-14(6-7-15(16)17)39-25-22(38-13(4)32)20(37-12(3)31)19(36-11(2)30)21(40-25)24(34)35/h6-10,18-22,25,28H,1-5H3,(H,34,35)(H,27,29,33)/t10-,18+,19+,20+,21+,22-,25+/m1/s1. The minimum atomic E-state index is -1.82. The number of carbonyl (C=O) groups excluding carboxylic acids is 4. The van der Waals surface area contributed by atoms with Gasteiger partial charge >= 0.3 is 23.9 Å². The molecule has 4 rings (SSSR count). The molecule has 0 radical (unpaired) electrons. The van der Waals surface area contributed by atoms with Crippen LogP contribution >= 0.6 is 0 Å². The number of carboxylic acids is 1. The van der Waals surface area contributed by atoms with Gasteiger partial charge in [-0.15, -0.1) is 0 Å². The molecule has 15 heteroatoms. The van der Waals surface area contributed by atoms with E-state index in [4.69, 9.17) is 28.4 Å². The maximum Gasteiger partial charge on any atom is 0.337 e. The molecule has 1 aromatic carbocycles. The third kappa shape index (κ3) is 6.24. The number of carbonyl (C=O) groups is 5. The summed E-state index contributed by atoms with van der Waals surface area (Å²) in [6, 6.07) is 4.99. The molecule has 220 valence electrons. The van der Waals surface area contributed by atoms with Crippen LogP contribution in [-0.2, 0) is 47.7 Å². The van der Waals surface area contributed by atoms with Crippen LogP contribution in [0.5, 0.6) is 5.75 Å². The maximum atomic E-state index is 12.4. The first kappa shape index (κ1) is 29.3. The summed E-state index contributed by atoms with van der Waals surface area (Å²) in [5.41, 5.74) is 1.37. The average Bonchev–Trinajstić information content (AvgIpc) is 3.48. The van der Waals surface area contributed by atoms with E-state index in [1.165, 1.54) is 7.05 Å². The molecule has 0 bridgehead atoms. The summed E-state index contributed by atoms with van der Waals surface area (Å²) in [7, 11) is 1.50. The molecule has 2 aliphatic rings. The molecule has 2 aromatic rings. The second-order valence-electron chi connectivity index (χ2n) is 9.40. The van der Waals surface area contributed by atoms with E-state index in [0.29, 0.717) is 5.52 Å². The van der Waals surface area contributed by atoms with E-state index in [9.17, 15) is 29.1 Å². The number of hydrogen-bond donors (Lipinski definition) is 3. The summed E-state index contributed by atoms with van der Waals surface area (Å²) < 4.78 is 32.8. The van der Waals surface area contributed by atoms with Crippen LogP contribution in [0.15, 0.2) is 29.4 Å². The van der Waals surface area contributed by atoms with Gasteiger partial charge < -0.3 is 38.5 Å². The lowest BCUT2D eigenvalue weighted by atomic mass is 9.94. The molecule has 1 aromatic heterocycles. The fourth-order valence-corrected chi connectivity index (χ4v) is 4.76. The number of nitrogens with zero attached hydrogens (tertiary/aromatic N) is 1. The molecule has 2 fully saturated rings. The van der Waals surface area contributed by atoms with E-state index in [2.05, 4.69) is 15.3 Å². The van der Waals surface area contributed by atoms with Crippen LogP contribution in [0.25, 0.3) is 10.9 Å². The number of aliphatic imine (C=N–C) groups is 1. The number of aromatic amines is 1. The molecular formula is C26H29N3O12. The van der Waals surface area contributed by atoms with E-state index in [1.807, 2.05) is 6.92 Å². The highest BCUT2D eigenvalue weighted by molar-refractivity contribution is 6.03. The van der Waals surface area contributed by atoms with Gasteiger partial charge in [-0.3, -0.25) is 24.5 Å². The van der Waals surface area contributed by atoms with Crippen molar-refractivity contribution in [2.24, 2.45) is 4.99 Å². The lowest BCUT2D eigenvalue weighted by Crippen LogP contribution is -2.64. The number of amidine groups is 1. The number of aliphatic carboxylic acids is 1. The topological polar surface area (TPSA) is 201 Å². The van der Waals surface area contributed by atoms with Gasteiger partial charge in [-0.05, 0) is 17.7 Å². The highest BCUT2D eigenvalue weighted by Crippen LogP contribution is 2.34. The average molecular weight is 576 g/mol. The Morgan fingerprint density at radius 3 is 2.22 bits per heavy atom. The molecule has 1 amide bonds. The molecular weight excluding hydrogens is 546 g/mol. The smallest absolute Gasteiger partial charge is 0.337 e. The Balaban J connectivity index is 1.64. The third-order valence-corrected chi connectivity index (χ3v) is 6.46. The van der Waals surface area contributed by atoms with Crippen molar-refractivity contribution in [2.45, 2.75) is 70.4 Å². The predicted molar refractivity (Wildman–Crippen MR) is 137 cm³/mol. The SMILES string of the molecule is CN=C1NC(=O)[C@H]([C@H](C)c2c[nH]c3cc(O[C@H]4O[C@H](C(=O)O)[C@@H](OC(C)=O)[C@H](OC(C)=O)[C@H]4OC(C)=O)ccc23)O1. The number of esters is 3. The number of H-pyrrole nitrogens is 1. The van der Waals surface area contributed by atoms with Crippen LogP contribution in [0.1, 0.15) is 39.2 Å². The van der Waals surface area contributed by atoms with Gasteiger partial charge in [0.15, 0.2) is 24.4 Å². The maximum absolute atomic E-state index is 12.4. The second-order valence-corrected chi connectivity index (χ2v) is 9.40. The zero-order valence-electron chi connectivity index (χ0n) is 22.7. The Bertz CT molecular complexity index is 1400. The van der Waals surface area contributed by atoms with Crippen molar-refractivity contribution in [1.29, 1.82) is 0 Å². The van der Waals surface area contributed by atoms with E-state index in [1.54, 1.807) is 24.4 Å². The van der Waals surface area contributed by atoms with Gasteiger partial charge in [0.25, 0.3) is 11.9 Å². The van der Waals surface area contributed by atoms with Crippen molar-refractivity contribution in [3.8, 4) is 5.75 Å². The number of amides is 1. The second kappa shape index (κ2) is 11.8. The number of nitrogens with one attached hydrogen (secondary N) is 2. The van der Waals surface area contributed by atoms with Gasteiger partial charge in [-0.2, -0.15) is 0 Å². The van der Waals surface area contributed by atoms with Gasteiger partial charge in [0, 0.05) is 56.9 Å². The Hall–Kier alpha value is -4.66. The molecule has 7 atom stereocenters. The first-order valence-electron chi connectivity index (χ1n) is 12.5. The Kier molecular flexibility index (Phi) is 8.47. The molecule has 15 nitrogen and oxygen atoms in total. The Morgan fingerprint density at radius 1 is 1.00 bits per heavy atom. The van der Waals surface area contributed by atoms with Gasteiger partial charge in [-0.25, -0.2) is 9.79 Å². The summed E-state index contributed by atoms with van der Waals surface area (Å²) >= 11 is 0. The van der Waals surface area contributed by atoms with Gasteiger partial charge in [-0.1, -0.05) is 6.92 Å². The van der Waals surface area contributed by atoms with Crippen LogP contribution in [0.4, 0.5) is 0 Å².